The zero-order valence-corrected chi connectivity index (χ0v) is 12.3. The number of thiocarbonyl (C=S) groups is 1. The summed E-state index contributed by atoms with van der Waals surface area (Å²) in [6.45, 7) is 2.94. The Kier molecular flexibility index (Phi) is 6.00. The van der Waals surface area contributed by atoms with Crippen LogP contribution in [0.15, 0.2) is 0 Å². The van der Waals surface area contributed by atoms with E-state index in [4.69, 9.17) is 23.8 Å². The van der Waals surface area contributed by atoms with Gasteiger partial charge >= 0.3 is 0 Å². The van der Waals surface area contributed by atoms with E-state index in [-0.39, 0.29) is 5.28 Å². The number of hydrogen-bond acceptors (Lipinski definition) is 5. The second-order valence-electron chi connectivity index (χ2n) is 3.86. The maximum absolute atomic E-state index is 5.81. The number of nitrogens with one attached hydrogen (secondary N) is 2. The van der Waals surface area contributed by atoms with Crippen LogP contribution < -0.4 is 15.5 Å². The second-order valence-corrected chi connectivity index (χ2v) is 4.60. The van der Waals surface area contributed by atoms with Crippen LogP contribution in [-0.2, 0) is 0 Å². The lowest BCUT2D eigenvalue weighted by atomic mass is 10.3. The third-order valence-electron chi connectivity index (χ3n) is 2.04. The summed E-state index contributed by atoms with van der Waals surface area (Å²) in [7, 11) is 3.65. The van der Waals surface area contributed by atoms with Crippen LogP contribution in [0, 0.1) is 0 Å². The molecule has 0 aliphatic carbocycles. The number of rotatable bonds is 5. The van der Waals surface area contributed by atoms with Gasteiger partial charge in [-0.1, -0.05) is 13.3 Å². The monoisotopic (exact) mass is 288 g/mol. The van der Waals surface area contributed by atoms with Crippen molar-refractivity contribution in [3.8, 4) is 0 Å². The van der Waals surface area contributed by atoms with Gasteiger partial charge in [0.15, 0.2) is 5.11 Å². The average Bonchev–Trinajstić information content (AvgIpc) is 2.28. The maximum Gasteiger partial charge on any atom is 0.235 e. The lowest BCUT2D eigenvalue weighted by Gasteiger charge is -2.12. The number of hydrogen-bond donors (Lipinski definition) is 2. The molecule has 0 aliphatic rings. The quantitative estimate of drug-likeness (QED) is 0.631. The minimum absolute atomic E-state index is 0.132. The smallest absolute Gasteiger partial charge is 0.235 e. The number of aromatic nitrogens is 3. The normalized spacial score (nSPS) is 10.0. The molecular formula is C10H17ClN6S. The Morgan fingerprint density at radius 1 is 1.33 bits per heavy atom. The van der Waals surface area contributed by atoms with Crippen LogP contribution >= 0.6 is 23.8 Å². The molecule has 8 heteroatoms. The van der Waals surface area contributed by atoms with Gasteiger partial charge in [0.25, 0.3) is 0 Å². The maximum atomic E-state index is 5.81. The van der Waals surface area contributed by atoms with E-state index in [2.05, 4.69) is 32.5 Å². The highest BCUT2D eigenvalue weighted by atomic mass is 35.5. The highest BCUT2D eigenvalue weighted by Crippen LogP contribution is 2.11. The molecule has 0 fully saturated rings. The molecule has 6 nitrogen and oxygen atoms in total. The summed E-state index contributed by atoms with van der Waals surface area (Å²) in [5.41, 5.74) is 0. The molecule has 1 heterocycles. The van der Waals surface area contributed by atoms with E-state index in [1.54, 1.807) is 4.90 Å². The topological polar surface area (TPSA) is 66.0 Å². The molecule has 0 radical (unpaired) electrons. The van der Waals surface area contributed by atoms with Crippen LogP contribution in [0.25, 0.3) is 0 Å². The molecular weight excluding hydrogens is 272 g/mol. The first kappa shape index (κ1) is 14.8. The number of anilines is 2. The Morgan fingerprint density at radius 2 is 2.06 bits per heavy atom. The summed E-state index contributed by atoms with van der Waals surface area (Å²) < 4.78 is 0. The molecule has 1 aromatic rings. The van der Waals surface area contributed by atoms with E-state index in [0.717, 1.165) is 19.4 Å². The summed E-state index contributed by atoms with van der Waals surface area (Å²) in [4.78, 5) is 13.9. The second kappa shape index (κ2) is 7.27. The first-order valence-electron chi connectivity index (χ1n) is 5.66. The van der Waals surface area contributed by atoms with Gasteiger partial charge in [-0.05, 0) is 30.2 Å². The van der Waals surface area contributed by atoms with Gasteiger partial charge < -0.3 is 15.5 Å². The van der Waals surface area contributed by atoms with E-state index >= 15 is 0 Å². The highest BCUT2D eigenvalue weighted by molar-refractivity contribution is 7.80. The molecule has 0 saturated carbocycles. The fourth-order valence-corrected chi connectivity index (χ4v) is 1.47. The Labute approximate surface area is 117 Å². The van der Waals surface area contributed by atoms with Gasteiger partial charge in [-0.15, -0.1) is 0 Å². The fourth-order valence-electron chi connectivity index (χ4n) is 1.12. The van der Waals surface area contributed by atoms with Gasteiger partial charge in [-0.25, -0.2) is 0 Å². The van der Waals surface area contributed by atoms with Crippen LogP contribution in [0.3, 0.4) is 0 Å². The van der Waals surface area contributed by atoms with Gasteiger partial charge in [0.2, 0.25) is 17.2 Å². The first-order valence-corrected chi connectivity index (χ1v) is 6.45. The number of unbranched alkanes of at least 4 members (excludes halogenated alkanes) is 1. The van der Waals surface area contributed by atoms with Crippen LogP contribution in [0.5, 0.6) is 0 Å². The number of halogens is 1. The molecule has 1 rings (SSSR count). The minimum atomic E-state index is 0.132. The number of nitrogens with zero attached hydrogens (tertiary/aromatic N) is 4. The predicted molar refractivity (Wildman–Crippen MR) is 78.3 cm³/mol. The molecule has 1 aromatic heterocycles. The van der Waals surface area contributed by atoms with Gasteiger partial charge in [0, 0.05) is 20.6 Å². The molecule has 0 amide bonds. The van der Waals surface area contributed by atoms with Crippen molar-refractivity contribution in [1.29, 1.82) is 0 Å². The molecule has 0 atom stereocenters. The summed E-state index contributed by atoms with van der Waals surface area (Å²) in [5.74, 6) is 0.821. The van der Waals surface area contributed by atoms with Gasteiger partial charge in [-0.3, -0.25) is 0 Å². The highest BCUT2D eigenvalue weighted by Gasteiger charge is 2.07. The third kappa shape index (κ3) is 4.97. The van der Waals surface area contributed by atoms with E-state index in [1.807, 2.05) is 14.1 Å². The van der Waals surface area contributed by atoms with Crippen molar-refractivity contribution in [2.24, 2.45) is 0 Å². The van der Waals surface area contributed by atoms with Crippen LogP contribution in [0.2, 0.25) is 5.28 Å². The zero-order chi connectivity index (χ0) is 13.5. The van der Waals surface area contributed by atoms with E-state index in [1.165, 1.54) is 0 Å². The molecule has 0 bridgehead atoms. The van der Waals surface area contributed by atoms with Crippen LogP contribution in [0.1, 0.15) is 19.8 Å². The molecule has 2 N–H and O–H groups in total. The van der Waals surface area contributed by atoms with Crippen molar-refractivity contribution in [2.75, 3.05) is 30.9 Å². The lowest BCUT2D eigenvalue weighted by molar-refractivity contribution is 0.758. The van der Waals surface area contributed by atoms with Gasteiger partial charge in [0.05, 0.1) is 0 Å². The Morgan fingerprint density at radius 3 is 2.67 bits per heavy atom. The van der Waals surface area contributed by atoms with Crippen molar-refractivity contribution in [2.45, 2.75) is 19.8 Å². The summed E-state index contributed by atoms with van der Waals surface area (Å²) in [5, 5.41) is 6.56. The van der Waals surface area contributed by atoms with E-state index in [0.29, 0.717) is 17.0 Å². The molecule has 18 heavy (non-hydrogen) atoms. The summed E-state index contributed by atoms with van der Waals surface area (Å²) in [6.07, 6.45) is 2.17. The summed E-state index contributed by atoms with van der Waals surface area (Å²) in [6, 6.07) is 0. The molecule has 0 spiro atoms. The molecule has 0 aliphatic heterocycles. The Hall–Kier alpha value is -1.21. The average molecular weight is 289 g/mol. The predicted octanol–water partition coefficient (Wildman–Crippen LogP) is 1.68. The third-order valence-corrected chi connectivity index (χ3v) is 2.45. The van der Waals surface area contributed by atoms with Crippen molar-refractivity contribution in [1.82, 2.24) is 20.3 Å². The largest absolute Gasteiger partial charge is 0.362 e. The zero-order valence-electron chi connectivity index (χ0n) is 10.7. The molecule has 0 aromatic carbocycles. The fraction of sp³-hybridized carbons (Fsp3) is 0.600. The Bertz CT molecular complexity index is 411. The standard InChI is InChI=1S/C10H17ClN6S/c1-4-5-6-12-10(18)16-8-13-7(11)14-9(15-8)17(2)3/h4-6H2,1-3H3,(H2,12,13,14,15,16,18). The van der Waals surface area contributed by atoms with Gasteiger partial charge in [-0.2, -0.15) is 15.0 Å². The Balaban J connectivity index is 2.63. The van der Waals surface area contributed by atoms with Gasteiger partial charge in [0.1, 0.15) is 0 Å². The first-order chi connectivity index (χ1) is 8.52. The van der Waals surface area contributed by atoms with Crippen molar-refractivity contribution in [3.63, 3.8) is 0 Å². The van der Waals surface area contributed by atoms with Crippen LogP contribution in [-0.4, -0.2) is 40.7 Å². The van der Waals surface area contributed by atoms with E-state index in [9.17, 15) is 0 Å². The van der Waals surface area contributed by atoms with Crippen molar-refractivity contribution >= 4 is 40.8 Å². The van der Waals surface area contributed by atoms with Crippen LogP contribution in [0.4, 0.5) is 11.9 Å². The van der Waals surface area contributed by atoms with Crippen molar-refractivity contribution in [3.05, 3.63) is 5.28 Å². The lowest BCUT2D eigenvalue weighted by Crippen LogP contribution is -2.30. The summed E-state index contributed by atoms with van der Waals surface area (Å²) >= 11 is 10.9. The molecule has 0 unspecified atom stereocenters. The molecule has 0 saturated heterocycles. The SMILES string of the molecule is CCCCNC(=S)Nc1nc(Cl)nc(N(C)C)n1. The van der Waals surface area contributed by atoms with E-state index < -0.39 is 0 Å². The molecule has 100 valence electrons. The van der Waals surface area contributed by atoms with Crippen molar-refractivity contribution < 1.29 is 0 Å². The minimum Gasteiger partial charge on any atom is -0.362 e.